The van der Waals surface area contributed by atoms with E-state index >= 15 is 0 Å². The van der Waals surface area contributed by atoms with Crippen molar-refractivity contribution in [1.29, 1.82) is 0 Å². The summed E-state index contributed by atoms with van der Waals surface area (Å²) in [7, 11) is 0. The number of rotatable bonds is 5. The Labute approximate surface area is 93.4 Å². The van der Waals surface area contributed by atoms with Gasteiger partial charge < -0.3 is 4.74 Å². The second-order valence-corrected chi connectivity index (χ2v) is 4.46. The molecule has 0 spiro atoms. The molecule has 1 aromatic heterocycles. The lowest BCUT2D eigenvalue weighted by Crippen LogP contribution is -2.31. The first-order valence-corrected chi connectivity index (χ1v) is 6.20. The lowest BCUT2D eigenvalue weighted by molar-refractivity contribution is -0.145. The minimum atomic E-state index is -0.274. The topological polar surface area (TPSA) is 38.3 Å². The van der Waals surface area contributed by atoms with Gasteiger partial charge in [0.25, 0.3) is 0 Å². The molecule has 82 valence electrons. The normalized spacial score (nSPS) is 17.4. The molecular weight excluding hydrogens is 210 g/mol. The number of thiophene rings is 1. The Hall–Kier alpha value is -0.870. The smallest absolute Gasteiger partial charge is 0.327 e. The molecule has 2 rings (SSSR count). The van der Waals surface area contributed by atoms with Crippen molar-refractivity contribution in [3.05, 3.63) is 22.4 Å². The van der Waals surface area contributed by atoms with Crippen molar-refractivity contribution in [3.63, 3.8) is 0 Å². The lowest BCUT2D eigenvalue weighted by Gasteiger charge is -2.15. The highest BCUT2D eigenvalue weighted by Crippen LogP contribution is 2.26. The third-order valence-corrected chi connectivity index (χ3v) is 3.08. The Bertz CT molecular complexity index is 319. The average Bonchev–Trinajstić information content (AvgIpc) is 2.88. The van der Waals surface area contributed by atoms with Gasteiger partial charge in [0.05, 0.1) is 6.61 Å². The number of carbonyl (C=O) groups excluding carboxylic acids is 1. The maximum Gasteiger partial charge on any atom is 0.327 e. The van der Waals surface area contributed by atoms with E-state index in [1.807, 2.05) is 23.8 Å². The molecule has 15 heavy (non-hydrogen) atoms. The molecular formula is C11H15NO2S. The second-order valence-electron chi connectivity index (χ2n) is 3.68. The van der Waals surface area contributed by atoms with E-state index in [0.717, 1.165) is 5.56 Å². The van der Waals surface area contributed by atoms with Crippen LogP contribution < -0.4 is 5.32 Å². The molecule has 0 saturated heterocycles. The first-order valence-electron chi connectivity index (χ1n) is 5.26. The molecule has 1 atom stereocenters. The molecule has 0 aromatic carbocycles. The van der Waals surface area contributed by atoms with Crippen molar-refractivity contribution in [1.82, 2.24) is 5.32 Å². The first-order chi connectivity index (χ1) is 7.31. The Morgan fingerprint density at radius 2 is 2.53 bits per heavy atom. The molecule has 1 N–H and O–H groups in total. The highest BCUT2D eigenvalue weighted by atomic mass is 32.1. The highest BCUT2D eigenvalue weighted by Gasteiger charge is 2.30. The first kappa shape index (κ1) is 10.6. The van der Waals surface area contributed by atoms with Crippen molar-refractivity contribution in [2.24, 2.45) is 0 Å². The van der Waals surface area contributed by atoms with Crippen LogP contribution in [0.5, 0.6) is 0 Å². The predicted octanol–water partition coefficient (Wildman–Crippen LogP) is 2.10. The van der Waals surface area contributed by atoms with E-state index in [2.05, 4.69) is 5.32 Å². The van der Waals surface area contributed by atoms with Crippen LogP contribution in [-0.4, -0.2) is 18.6 Å². The van der Waals surface area contributed by atoms with Crippen molar-refractivity contribution >= 4 is 17.3 Å². The number of esters is 1. The SMILES string of the molecule is CCOC(=O)C(NC1CC1)c1ccsc1. The van der Waals surface area contributed by atoms with E-state index in [4.69, 9.17) is 4.74 Å². The van der Waals surface area contributed by atoms with E-state index in [9.17, 15) is 4.79 Å². The fourth-order valence-corrected chi connectivity index (χ4v) is 2.14. The van der Waals surface area contributed by atoms with Crippen LogP contribution in [-0.2, 0) is 9.53 Å². The summed E-state index contributed by atoms with van der Waals surface area (Å²) in [4.78, 5) is 11.7. The molecule has 1 unspecified atom stereocenters. The molecule has 0 amide bonds. The van der Waals surface area contributed by atoms with Gasteiger partial charge in [-0.15, -0.1) is 0 Å². The summed E-state index contributed by atoms with van der Waals surface area (Å²) in [5.74, 6) is -0.164. The Morgan fingerprint density at radius 1 is 1.73 bits per heavy atom. The summed E-state index contributed by atoms with van der Waals surface area (Å²) in [6, 6.07) is 2.20. The molecule has 3 nitrogen and oxygen atoms in total. The minimum Gasteiger partial charge on any atom is -0.465 e. The van der Waals surface area contributed by atoms with Crippen molar-refractivity contribution in [3.8, 4) is 0 Å². The van der Waals surface area contributed by atoms with E-state index in [1.54, 1.807) is 11.3 Å². The van der Waals surface area contributed by atoms with Gasteiger partial charge in [-0.1, -0.05) is 0 Å². The van der Waals surface area contributed by atoms with E-state index in [0.29, 0.717) is 12.6 Å². The molecule has 1 aliphatic rings. The molecule has 1 aromatic rings. The van der Waals surface area contributed by atoms with Gasteiger partial charge in [-0.2, -0.15) is 11.3 Å². The van der Waals surface area contributed by atoms with Gasteiger partial charge in [-0.3, -0.25) is 5.32 Å². The lowest BCUT2D eigenvalue weighted by atomic mass is 10.1. The largest absolute Gasteiger partial charge is 0.465 e. The van der Waals surface area contributed by atoms with Gasteiger partial charge in [0.15, 0.2) is 0 Å². The van der Waals surface area contributed by atoms with E-state index < -0.39 is 0 Å². The molecule has 0 radical (unpaired) electrons. The second kappa shape index (κ2) is 4.77. The Kier molecular flexibility index (Phi) is 3.38. The number of carbonyl (C=O) groups is 1. The quantitative estimate of drug-likeness (QED) is 0.780. The third-order valence-electron chi connectivity index (χ3n) is 2.38. The zero-order chi connectivity index (χ0) is 10.7. The summed E-state index contributed by atoms with van der Waals surface area (Å²) < 4.78 is 5.06. The monoisotopic (exact) mass is 225 g/mol. The van der Waals surface area contributed by atoms with Crippen LogP contribution >= 0.6 is 11.3 Å². The molecule has 0 aliphatic heterocycles. The Morgan fingerprint density at radius 3 is 3.07 bits per heavy atom. The zero-order valence-corrected chi connectivity index (χ0v) is 9.55. The number of nitrogens with one attached hydrogen (secondary N) is 1. The van der Waals surface area contributed by atoms with Crippen LogP contribution in [0, 0.1) is 0 Å². The van der Waals surface area contributed by atoms with Crippen LogP contribution in [0.2, 0.25) is 0 Å². The van der Waals surface area contributed by atoms with Crippen molar-refractivity contribution in [2.45, 2.75) is 31.8 Å². The van der Waals surface area contributed by atoms with E-state index in [-0.39, 0.29) is 12.0 Å². The van der Waals surface area contributed by atoms with Crippen LogP contribution in [0.1, 0.15) is 31.4 Å². The summed E-state index contributed by atoms with van der Waals surface area (Å²) in [5, 5.41) is 7.29. The predicted molar refractivity (Wildman–Crippen MR) is 59.9 cm³/mol. The summed E-state index contributed by atoms with van der Waals surface area (Å²) in [5.41, 5.74) is 1.02. The van der Waals surface area contributed by atoms with Gasteiger partial charge in [-0.05, 0) is 42.2 Å². The van der Waals surface area contributed by atoms with Crippen LogP contribution in [0.3, 0.4) is 0 Å². The minimum absolute atomic E-state index is 0.164. The third kappa shape index (κ3) is 2.79. The molecule has 1 saturated carbocycles. The summed E-state index contributed by atoms with van der Waals surface area (Å²) >= 11 is 1.60. The van der Waals surface area contributed by atoms with Crippen LogP contribution in [0.25, 0.3) is 0 Å². The number of ether oxygens (including phenoxy) is 1. The summed E-state index contributed by atoms with van der Waals surface area (Å²) in [6.45, 7) is 2.27. The molecule has 0 bridgehead atoms. The highest BCUT2D eigenvalue weighted by molar-refractivity contribution is 7.08. The van der Waals surface area contributed by atoms with Crippen molar-refractivity contribution in [2.75, 3.05) is 6.61 Å². The number of hydrogen-bond donors (Lipinski definition) is 1. The number of hydrogen-bond acceptors (Lipinski definition) is 4. The van der Waals surface area contributed by atoms with Gasteiger partial charge in [-0.25, -0.2) is 4.79 Å². The maximum atomic E-state index is 11.7. The van der Waals surface area contributed by atoms with Gasteiger partial charge in [0.2, 0.25) is 0 Å². The molecule has 1 heterocycles. The molecule has 4 heteroatoms. The van der Waals surface area contributed by atoms with Crippen LogP contribution in [0.15, 0.2) is 16.8 Å². The van der Waals surface area contributed by atoms with Gasteiger partial charge in [0.1, 0.15) is 6.04 Å². The molecule has 1 aliphatic carbocycles. The van der Waals surface area contributed by atoms with Gasteiger partial charge in [0, 0.05) is 6.04 Å². The Balaban J connectivity index is 2.04. The van der Waals surface area contributed by atoms with Gasteiger partial charge >= 0.3 is 5.97 Å². The summed E-state index contributed by atoms with van der Waals surface area (Å²) in [6.07, 6.45) is 2.33. The standard InChI is InChI=1S/C11H15NO2S/c1-2-14-11(13)10(12-9-3-4-9)8-5-6-15-7-8/h5-7,9-10,12H,2-4H2,1H3. The fourth-order valence-electron chi connectivity index (χ4n) is 1.45. The fraction of sp³-hybridized carbons (Fsp3) is 0.545. The van der Waals surface area contributed by atoms with Crippen LogP contribution in [0.4, 0.5) is 0 Å². The maximum absolute atomic E-state index is 11.7. The zero-order valence-electron chi connectivity index (χ0n) is 8.73. The average molecular weight is 225 g/mol. The van der Waals surface area contributed by atoms with Crippen molar-refractivity contribution < 1.29 is 9.53 Å². The molecule has 1 fully saturated rings. The van der Waals surface area contributed by atoms with E-state index in [1.165, 1.54) is 12.8 Å².